The molecule has 0 radical (unpaired) electrons. The van der Waals surface area contributed by atoms with Gasteiger partial charge in [0.15, 0.2) is 0 Å². The predicted molar refractivity (Wildman–Crippen MR) is 97.4 cm³/mol. The average molecular weight is 303 g/mol. The minimum atomic E-state index is 0.363. The molecule has 124 valence electrons. The van der Waals surface area contributed by atoms with Crippen LogP contribution in [0.15, 0.2) is 36.4 Å². The minimum Gasteiger partial charge on any atom is -0.508 e. The van der Waals surface area contributed by atoms with Crippen molar-refractivity contribution in [3.8, 4) is 5.75 Å². The summed E-state index contributed by atoms with van der Waals surface area (Å²) in [5.74, 6) is 0.363. The lowest BCUT2D eigenvalue weighted by Gasteiger charge is -2.02. The lowest BCUT2D eigenvalue weighted by atomic mass is 10.0. The summed E-state index contributed by atoms with van der Waals surface area (Å²) < 4.78 is 0. The summed E-state index contributed by atoms with van der Waals surface area (Å²) in [7, 11) is 0. The molecule has 0 heterocycles. The van der Waals surface area contributed by atoms with Gasteiger partial charge in [-0.3, -0.25) is 0 Å². The second-order valence-corrected chi connectivity index (χ2v) is 6.29. The van der Waals surface area contributed by atoms with Crippen LogP contribution in [-0.2, 0) is 6.42 Å². The van der Waals surface area contributed by atoms with Crippen molar-refractivity contribution in [1.82, 2.24) is 0 Å². The summed E-state index contributed by atoms with van der Waals surface area (Å²) >= 11 is 0. The fourth-order valence-corrected chi connectivity index (χ4v) is 2.71. The Bertz CT molecular complexity index is 377. The van der Waals surface area contributed by atoms with Gasteiger partial charge in [-0.15, -0.1) is 0 Å². The van der Waals surface area contributed by atoms with Gasteiger partial charge in [0, 0.05) is 0 Å². The Morgan fingerprint density at radius 2 is 1.27 bits per heavy atom. The number of hydrogen-bond donors (Lipinski definition) is 1. The highest BCUT2D eigenvalue weighted by molar-refractivity contribution is 5.25. The largest absolute Gasteiger partial charge is 0.508 e. The van der Waals surface area contributed by atoms with Crippen LogP contribution in [0.1, 0.15) is 83.1 Å². The summed E-state index contributed by atoms with van der Waals surface area (Å²) in [4.78, 5) is 0. The first kappa shape index (κ1) is 18.8. The molecule has 0 aromatic heterocycles. The molecule has 1 heteroatoms. The molecule has 1 N–H and O–H groups in total. The Balaban J connectivity index is 1.85. The number of phenolic OH excluding ortho intramolecular Hbond substituents is 1. The van der Waals surface area contributed by atoms with E-state index in [1.807, 2.05) is 12.1 Å². The highest BCUT2D eigenvalue weighted by atomic mass is 16.3. The van der Waals surface area contributed by atoms with E-state index in [0.29, 0.717) is 5.75 Å². The number of aromatic hydroxyl groups is 1. The molecule has 0 saturated heterocycles. The lowest BCUT2D eigenvalue weighted by molar-refractivity contribution is 0.475. The maximum atomic E-state index is 9.24. The van der Waals surface area contributed by atoms with E-state index in [1.165, 1.54) is 76.2 Å². The molecule has 0 amide bonds. The van der Waals surface area contributed by atoms with E-state index in [2.05, 4.69) is 19.1 Å². The van der Waals surface area contributed by atoms with Crippen molar-refractivity contribution >= 4 is 0 Å². The normalized spacial score (nSPS) is 11.3. The van der Waals surface area contributed by atoms with E-state index in [0.717, 1.165) is 6.42 Å². The monoisotopic (exact) mass is 302 g/mol. The van der Waals surface area contributed by atoms with Gasteiger partial charge in [0.25, 0.3) is 0 Å². The molecule has 0 saturated carbocycles. The van der Waals surface area contributed by atoms with Gasteiger partial charge in [0.2, 0.25) is 0 Å². The summed E-state index contributed by atoms with van der Waals surface area (Å²) in [6.45, 7) is 2.26. The Morgan fingerprint density at radius 1 is 0.727 bits per heavy atom. The van der Waals surface area contributed by atoms with Crippen LogP contribution in [0, 0.1) is 0 Å². The van der Waals surface area contributed by atoms with Crippen molar-refractivity contribution in [1.29, 1.82) is 0 Å². The van der Waals surface area contributed by atoms with E-state index < -0.39 is 0 Å². The van der Waals surface area contributed by atoms with Crippen LogP contribution in [0.2, 0.25) is 0 Å². The van der Waals surface area contributed by atoms with Crippen LogP contribution >= 0.6 is 0 Å². The third kappa shape index (κ3) is 10.5. The van der Waals surface area contributed by atoms with E-state index >= 15 is 0 Å². The third-order valence-corrected chi connectivity index (χ3v) is 4.16. The minimum absolute atomic E-state index is 0.363. The number of allylic oxidation sites excluding steroid dienone is 2. The van der Waals surface area contributed by atoms with E-state index in [9.17, 15) is 5.11 Å². The first-order valence-electron chi connectivity index (χ1n) is 9.26. The number of hydrogen-bond acceptors (Lipinski definition) is 1. The van der Waals surface area contributed by atoms with Crippen LogP contribution in [0.5, 0.6) is 5.75 Å². The fraction of sp³-hybridized carbons (Fsp3) is 0.619. The number of unbranched alkanes of at least 4 members (excludes halogenated alkanes) is 9. The van der Waals surface area contributed by atoms with Gasteiger partial charge in [0.1, 0.15) is 5.75 Å². The van der Waals surface area contributed by atoms with Gasteiger partial charge in [-0.2, -0.15) is 0 Å². The molecular formula is C21H34O. The molecule has 1 aromatic rings. The summed E-state index contributed by atoms with van der Waals surface area (Å²) in [6.07, 6.45) is 20.5. The summed E-state index contributed by atoms with van der Waals surface area (Å²) in [5, 5.41) is 9.24. The molecule has 0 aliphatic carbocycles. The zero-order chi connectivity index (χ0) is 15.9. The van der Waals surface area contributed by atoms with Gasteiger partial charge < -0.3 is 5.11 Å². The number of phenols is 1. The molecule has 0 spiro atoms. The van der Waals surface area contributed by atoms with Crippen molar-refractivity contribution in [2.45, 2.75) is 84.0 Å². The molecule has 0 bridgehead atoms. The standard InChI is InChI=1S/C21H34O/c1-2-3-4-5-6-7-8-9-10-11-12-13-14-15-20-16-18-21(22)19-17-20/h7-8,16-19,22H,2-6,9-15H2,1H3. The lowest BCUT2D eigenvalue weighted by Crippen LogP contribution is -1.85. The average Bonchev–Trinajstić information content (AvgIpc) is 2.53. The Labute approximate surface area is 137 Å². The van der Waals surface area contributed by atoms with E-state index in [-0.39, 0.29) is 0 Å². The smallest absolute Gasteiger partial charge is 0.115 e. The van der Waals surface area contributed by atoms with Gasteiger partial charge in [-0.25, -0.2) is 0 Å². The van der Waals surface area contributed by atoms with Crippen molar-refractivity contribution in [3.05, 3.63) is 42.0 Å². The first-order chi connectivity index (χ1) is 10.8. The Kier molecular flexibility index (Phi) is 11.5. The molecule has 22 heavy (non-hydrogen) atoms. The van der Waals surface area contributed by atoms with Crippen LogP contribution in [0.4, 0.5) is 0 Å². The number of benzene rings is 1. The zero-order valence-corrected chi connectivity index (χ0v) is 14.4. The molecule has 0 atom stereocenters. The molecule has 0 unspecified atom stereocenters. The molecule has 1 aromatic carbocycles. The van der Waals surface area contributed by atoms with Gasteiger partial charge in [-0.05, 0) is 56.2 Å². The van der Waals surface area contributed by atoms with Crippen molar-refractivity contribution in [3.63, 3.8) is 0 Å². The van der Waals surface area contributed by atoms with Gasteiger partial charge >= 0.3 is 0 Å². The van der Waals surface area contributed by atoms with Crippen LogP contribution in [0.25, 0.3) is 0 Å². The maximum Gasteiger partial charge on any atom is 0.115 e. The number of rotatable bonds is 13. The topological polar surface area (TPSA) is 20.2 Å². The highest BCUT2D eigenvalue weighted by Gasteiger charge is 1.94. The quantitative estimate of drug-likeness (QED) is 0.314. The first-order valence-corrected chi connectivity index (χ1v) is 9.26. The predicted octanol–water partition coefficient (Wildman–Crippen LogP) is 6.80. The summed E-state index contributed by atoms with van der Waals surface area (Å²) in [6, 6.07) is 7.62. The SMILES string of the molecule is CCCCCCC=CCCCCCCCc1ccc(O)cc1. The second kappa shape index (κ2) is 13.4. The van der Waals surface area contributed by atoms with Crippen molar-refractivity contribution < 1.29 is 5.11 Å². The van der Waals surface area contributed by atoms with Gasteiger partial charge in [-0.1, -0.05) is 69.7 Å². The highest BCUT2D eigenvalue weighted by Crippen LogP contribution is 2.13. The van der Waals surface area contributed by atoms with E-state index in [4.69, 9.17) is 0 Å². The van der Waals surface area contributed by atoms with Crippen LogP contribution in [-0.4, -0.2) is 5.11 Å². The summed E-state index contributed by atoms with van der Waals surface area (Å²) in [5.41, 5.74) is 1.34. The third-order valence-electron chi connectivity index (χ3n) is 4.16. The van der Waals surface area contributed by atoms with Crippen molar-refractivity contribution in [2.75, 3.05) is 0 Å². The molecule has 1 rings (SSSR count). The molecular weight excluding hydrogens is 268 g/mol. The Hall–Kier alpha value is -1.24. The van der Waals surface area contributed by atoms with E-state index in [1.54, 1.807) is 12.1 Å². The van der Waals surface area contributed by atoms with Crippen LogP contribution in [0.3, 0.4) is 0 Å². The molecule has 0 aliphatic rings. The molecule has 0 fully saturated rings. The maximum absolute atomic E-state index is 9.24. The molecule has 0 aliphatic heterocycles. The second-order valence-electron chi connectivity index (χ2n) is 6.29. The molecule has 1 nitrogen and oxygen atoms in total. The van der Waals surface area contributed by atoms with Gasteiger partial charge in [0.05, 0.1) is 0 Å². The van der Waals surface area contributed by atoms with Crippen molar-refractivity contribution in [2.24, 2.45) is 0 Å². The fourth-order valence-electron chi connectivity index (χ4n) is 2.71. The zero-order valence-electron chi connectivity index (χ0n) is 14.4. The number of aryl methyl sites for hydroxylation is 1. The Morgan fingerprint density at radius 3 is 1.91 bits per heavy atom. The van der Waals surface area contributed by atoms with Crippen LogP contribution < -0.4 is 0 Å².